The predicted octanol–water partition coefficient (Wildman–Crippen LogP) is 2.23. The predicted molar refractivity (Wildman–Crippen MR) is 144 cm³/mol. The molecular weight excluding hydrogens is 495 g/mol. The summed E-state index contributed by atoms with van der Waals surface area (Å²) in [5.41, 5.74) is 6.15. The van der Waals surface area contributed by atoms with E-state index in [0.29, 0.717) is 30.8 Å². The van der Waals surface area contributed by atoms with Crippen molar-refractivity contribution in [2.24, 2.45) is 0 Å². The standard InChI is InChI=1S/C24H35N8O4P/c1-23(2,3)36-22(34)32-11-10-30(14-24(32,4)5)16-9-8-15(12-26-16)13-31-19-17(27-21(31)33)18(25)28-20(29-19)37(6,7)35/h8-9,12H,10-11,13-14H2,1-7H3,(H,27,33)(H2,25,28,29). The quantitative estimate of drug-likeness (QED) is 0.484. The first-order valence-corrected chi connectivity index (χ1v) is 14.7. The molecule has 0 aromatic carbocycles. The highest BCUT2D eigenvalue weighted by Gasteiger charge is 2.39. The van der Waals surface area contributed by atoms with Crippen LogP contribution < -0.4 is 21.9 Å². The summed E-state index contributed by atoms with van der Waals surface area (Å²) in [7, 11) is -2.78. The van der Waals surface area contributed by atoms with Crippen molar-refractivity contribution in [3.63, 3.8) is 0 Å². The monoisotopic (exact) mass is 530 g/mol. The van der Waals surface area contributed by atoms with E-state index < -0.39 is 18.3 Å². The van der Waals surface area contributed by atoms with Crippen molar-refractivity contribution >= 4 is 41.6 Å². The third-order valence-corrected chi connectivity index (χ3v) is 7.27. The number of nitrogens with one attached hydrogen (secondary N) is 1. The number of imidazole rings is 1. The lowest BCUT2D eigenvalue weighted by Crippen LogP contribution is -2.62. The Morgan fingerprint density at radius 1 is 1.22 bits per heavy atom. The number of hydrogen-bond acceptors (Lipinski definition) is 9. The molecule has 12 nitrogen and oxygen atoms in total. The van der Waals surface area contributed by atoms with Crippen molar-refractivity contribution in [3.8, 4) is 0 Å². The van der Waals surface area contributed by atoms with Gasteiger partial charge in [0.1, 0.15) is 24.1 Å². The maximum Gasteiger partial charge on any atom is 0.410 e. The maximum absolute atomic E-state index is 12.7. The van der Waals surface area contributed by atoms with E-state index in [0.717, 1.165) is 11.4 Å². The number of nitrogens with zero attached hydrogens (tertiary/aromatic N) is 6. The van der Waals surface area contributed by atoms with Crippen LogP contribution >= 0.6 is 7.14 Å². The molecule has 0 bridgehead atoms. The molecule has 1 fully saturated rings. The molecule has 37 heavy (non-hydrogen) atoms. The van der Waals surface area contributed by atoms with Crippen molar-refractivity contribution < 1.29 is 14.1 Å². The number of piperazine rings is 1. The SMILES string of the molecule is CC(C)(C)OC(=O)N1CCN(c2ccc(Cn3c(=O)[nH]c4c(N)nc(P(C)(C)=O)nc43)cn2)CC1(C)C. The molecule has 0 spiro atoms. The van der Waals surface area contributed by atoms with Crippen LogP contribution in [0.15, 0.2) is 23.1 Å². The highest BCUT2D eigenvalue weighted by Crippen LogP contribution is 2.33. The Bertz CT molecular complexity index is 1430. The number of amides is 1. The van der Waals surface area contributed by atoms with Gasteiger partial charge in [-0.15, -0.1) is 0 Å². The van der Waals surface area contributed by atoms with Gasteiger partial charge < -0.3 is 24.9 Å². The van der Waals surface area contributed by atoms with Crippen LogP contribution in [0.4, 0.5) is 16.4 Å². The molecule has 200 valence electrons. The van der Waals surface area contributed by atoms with Gasteiger partial charge in [0.15, 0.2) is 17.0 Å². The van der Waals surface area contributed by atoms with E-state index in [-0.39, 0.29) is 29.7 Å². The van der Waals surface area contributed by atoms with E-state index in [1.54, 1.807) is 24.4 Å². The normalized spacial score (nSPS) is 16.3. The molecule has 0 aliphatic carbocycles. The lowest BCUT2D eigenvalue weighted by Gasteiger charge is -2.47. The first-order valence-electron chi connectivity index (χ1n) is 12.1. The van der Waals surface area contributed by atoms with Crippen molar-refractivity contribution in [1.29, 1.82) is 0 Å². The Hall–Kier alpha value is -3.40. The summed E-state index contributed by atoms with van der Waals surface area (Å²) < 4.78 is 19.5. The molecule has 4 rings (SSSR count). The molecule has 0 radical (unpaired) electrons. The van der Waals surface area contributed by atoms with Gasteiger partial charge in [-0.05, 0) is 59.6 Å². The van der Waals surface area contributed by atoms with Crippen LogP contribution in [0.3, 0.4) is 0 Å². The van der Waals surface area contributed by atoms with Gasteiger partial charge in [-0.2, -0.15) is 0 Å². The second-order valence-electron chi connectivity index (χ2n) is 11.4. The minimum absolute atomic E-state index is 0.0846. The van der Waals surface area contributed by atoms with Gasteiger partial charge in [0, 0.05) is 25.8 Å². The Balaban J connectivity index is 1.53. The number of rotatable bonds is 4. The molecular formula is C24H35N8O4P. The minimum atomic E-state index is -2.78. The van der Waals surface area contributed by atoms with Crippen LogP contribution in [0.25, 0.3) is 11.2 Å². The third kappa shape index (κ3) is 5.64. The van der Waals surface area contributed by atoms with Gasteiger partial charge in [-0.3, -0.25) is 9.47 Å². The molecule has 1 saturated heterocycles. The molecule has 0 unspecified atom stereocenters. The van der Waals surface area contributed by atoms with Gasteiger partial charge in [0.2, 0.25) is 0 Å². The number of hydrogen-bond donors (Lipinski definition) is 2. The molecule has 4 heterocycles. The first kappa shape index (κ1) is 26.7. The Labute approximate surface area is 215 Å². The third-order valence-electron chi connectivity index (χ3n) is 6.11. The van der Waals surface area contributed by atoms with Crippen molar-refractivity contribution in [2.75, 3.05) is 43.6 Å². The molecule has 1 aliphatic heterocycles. The van der Waals surface area contributed by atoms with E-state index >= 15 is 0 Å². The highest BCUT2D eigenvalue weighted by atomic mass is 31.2. The molecule has 0 atom stereocenters. The summed E-state index contributed by atoms with van der Waals surface area (Å²) >= 11 is 0. The number of carbonyl (C=O) groups excluding carboxylic acids is 1. The van der Waals surface area contributed by atoms with Crippen molar-refractivity contribution in [2.45, 2.75) is 52.3 Å². The van der Waals surface area contributed by atoms with Crippen LogP contribution in [0.1, 0.15) is 40.2 Å². The lowest BCUT2D eigenvalue weighted by atomic mass is 9.99. The van der Waals surface area contributed by atoms with E-state index in [9.17, 15) is 14.2 Å². The first-order chi connectivity index (χ1) is 17.0. The summed E-state index contributed by atoms with van der Waals surface area (Å²) in [4.78, 5) is 45.1. The summed E-state index contributed by atoms with van der Waals surface area (Å²) in [5.74, 6) is 0.861. The number of pyridine rings is 1. The number of nitrogen functional groups attached to an aromatic ring is 1. The van der Waals surface area contributed by atoms with Crippen molar-refractivity contribution in [3.05, 3.63) is 34.4 Å². The smallest absolute Gasteiger partial charge is 0.410 e. The largest absolute Gasteiger partial charge is 0.444 e. The zero-order valence-corrected chi connectivity index (χ0v) is 23.3. The summed E-state index contributed by atoms with van der Waals surface area (Å²) in [6, 6.07) is 3.80. The average Bonchev–Trinajstić information content (AvgIpc) is 3.07. The van der Waals surface area contributed by atoms with Crippen LogP contribution in [-0.2, 0) is 15.8 Å². The van der Waals surface area contributed by atoms with Crippen LogP contribution in [0.5, 0.6) is 0 Å². The molecule has 0 saturated carbocycles. The summed E-state index contributed by atoms with van der Waals surface area (Å²) in [6.45, 7) is 14.6. The lowest BCUT2D eigenvalue weighted by molar-refractivity contribution is 0.000309. The second-order valence-corrected chi connectivity index (χ2v) is 14.5. The number of aromatic amines is 1. The van der Waals surface area contributed by atoms with Gasteiger partial charge in [-0.25, -0.2) is 24.5 Å². The van der Waals surface area contributed by atoms with Crippen molar-refractivity contribution in [1.82, 2.24) is 29.4 Å². The molecule has 1 amide bonds. The molecule has 13 heteroatoms. The Morgan fingerprint density at radius 2 is 1.92 bits per heavy atom. The van der Waals surface area contributed by atoms with Gasteiger partial charge in [0.25, 0.3) is 0 Å². The average molecular weight is 531 g/mol. The van der Waals surface area contributed by atoms with Crippen LogP contribution in [0, 0.1) is 0 Å². The maximum atomic E-state index is 12.7. The zero-order chi connectivity index (χ0) is 27.3. The zero-order valence-electron chi connectivity index (χ0n) is 22.4. The van der Waals surface area contributed by atoms with E-state index in [2.05, 4.69) is 24.8 Å². The highest BCUT2D eigenvalue weighted by molar-refractivity contribution is 7.69. The van der Waals surface area contributed by atoms with E-state index in [1.165, 1.54) is 4.57 Å². The topological polar surface area (TPSA) is 152 Å². The van der Waals surface area contributed by atoms with Crippen LogP contribution in [-0.4, -0.2) is 79.6 Å². The fourth-order valence-corrected chi connectivity index (χ4v) is 5.00. The van der Waals surface area contributed by atoms with Crippen LogP contribution in [0.2, 0.25) is 0 Å². The number of nitrogens with two attached hydrogens (primary N) is 1. The number of aromatic nitrogens is 5. The number of carbonyl (C=O) groups is 1. The number of fused-ring (bicyclic) bond motifs is 1. The summed E-state index contributed by atoms with van der Waals surface area (Å²) in [5, 5.41) is 0. The second kappa shape index (κ2) is 9.16. The van der Waals surface area contributed by atoms with E-state index in [4.69, 9.17) is 10.5 Å². The van der Waals surface area contributed by atoms with E-state index in [1.807, 2.05) is 46.8 Å². The fourth-order valence-electron chi connectivity index (χ4n) is 4.31. The molecule has 3 N–H and O–H groups in total. The van der Waals surface area contributed by atoms with Gasteiger partial charge in [0.05, 0.1) is 12.1 Å². The number of H-pyrrole nitrogens is 1. The van der Waals surface area contributed by atoms with Gasteiger partial charge >= 0.3 is 11.8 Å². The minimum Gasteiger partial charge on any atom is -0.444 e. The fraction of sp³-hybridized carbons (Fsp3) is 0.542. The summed E-state index contributed by atoms with van der Waals surface area (Å²) in [6.07, 6.45) is 1.39. The molecule has 3 aromatic rings. The van der Waals surface area contributed by atoms with Gasteiger partial charge in [-0.1, -0.05) is 6.07 Å². The number of ether oxygens (including phenoxy) is 1. The Kier molecular flexibility index (Phi) is 6.60. The Morgan fingerprint density at radius 3 is 2.49 bits per heavy atom. The molecule has 3 aromatic heterocycles. The molecule has 1 aliphatic rings. The number of anilines is 2.